The van der Waals surface area contributed by atoms with Crippen molar-refractivity contribution in [3.05, 3.63) is 48.0 Å². The van der Waals surface area contributed by atoms with Crippen molar-refractivity contribution in [3.8, 4) is 5.75 Å². The number of hydrogen-bond acceptors (Lipinski definition) is 3. The molecule has 0 bridgehead atoms. The summed E-state index contributed by atoms with van der Waals surface area (Å²) in [6.07, 6.45) is -0.603. The third kappa shape index (κ3) is 8.45. The highest BCUT2D eigenvalue weighted by Crippen LogP contribution is 2.19. The molecule has 0 unspecified atom stereocenters. The minimum absolute atomic E-state index is 0.178. The Labute approximate surface area is 169 Å². The van der Waals surface area contributed by atoms with Crippen LogP contribution in [-0.4, -0.2) is 34.8 Å². The second kappa shape index (κ2) is 10.7. The molecular weight excluding hydrogens is 383 g/mol. The highest BCUT2D eigenvalue weighted by molar-refractivity contribution is 5.79. The monoisotopic (exact) mass is 411 g/mol. The van der Waals surface area contributed by atoms with Crippen LogP contribution in [0.3, 0.4) is 0 Å². The number of alkyl halides is 3. The van der Waals surface area contributed by atoms with Gasteiger partial charge in [0.2, 0.25) is 0 Å². The van der Waals surface area contributed by atoms with Crippen LogP contribution in [0.5, 0.6) is 5.75 Å². The summed E-state index contributed by atoms with van der Waals surface area (Å²) in [5.41, 5.74) is 0.864. The van der Waals surface area contributed by atoms with E-state index in [1.807, 2.05) is 13.1 Å². The van der Waals surface area contributed by atoms with Gasteiger partial charge in [-0.25, -0.2) is 9.98 Å². The Hall–Kier alpha value is -2.71. The minimum Gasteiger partial charge on any atom is -0.484 e. The lowest BCUT2D eigenvalue weighted by Crippen LogP contribution is -2.37. The molecule has 9 heteroatoms. The number of aromatic nitrogens is 2. The first-order valence-corrected chi connectivity index (χ1v) is 9.57. The highest BCUT2D eigenvalue weighted by atomic mass is 19.4. The van der Waals surface area contributed by atoms with Crippen LogP contribution >= 0.6 is 0 Å². The van der Waals surface area contributed by atoms with Crippen molar-refractivity contribution in [2.75, 3.05) is 13.2 Å². The van der Waals surface area contributed by atoms with E-state index in [4.69, 9.17) is 4.74 Å². The Morgan fingerprint density at radius 2 is 1.93 bits per heavy atom. The first-order chi connectivity index (χ1) is 13.8. The molecule has 0 aliphatic heterocycles. The van der Waals surface area contributed by atoms with Crippen molar-refractivity contribution in [2.24, 2.45) is 10.9 Å². The second-order valence-electron chi connectivity index (χ2n) is 6.99. The predicted molar refractivity (Wildman–Crippen MR) is 107 cm³/mol. The van der Waals surface area contributed by atoms with E-state index < -0.39 is 12.8 Å². The van der Waals surface area contributed by atoms with Gasteiger partial charge in [0, 0.05) is 25.5 Å². The number of imidazole rings is 1. The number of benzene rings is 1. The number of nitrogens with one attached hydrogen (secondary N) is 2. The van der Waals surface area contributed by atoms with Crippen molar-refractivity contribution in [3.63, 3.8) is 0 Å². The van der Waals surface area contributed by atoms with Crippen molar-refractivity contribution >= 4 is 5.96 Å². The molecule has 0 radical (unpaired) electrons. The molecule has 0 aliphatic carbocycles. The van der Waals surface area contributed by atoms with Gasteiger partial charge in [0.1, 0.15) is 11.6 Å². The normalized spacial score (nSPS) is 12.3. The van der Waals surface area contributed by atoms with Crippen molar-refractivity contribution in [1.82, 2.24) is 20.2 Å². The molecule has 160 valence electrons. The number of ether oxygens (including phenoxy) is 1. The summed E-state index contributed by atoms with van der Waals surface area (Å²) in [6.45, 7) is 7.51. The first-order valence-electron chi connectivity index (χ1n) is 9.57. The van der Waals surface area contributed by atoms with Crippen LogP contribution in [0.4, 0.5) is 13.2 Å². The molecular formula is C20H28F3N5O. The number of rotatable bonds is 9. The fourth-order valence-electron chi connectivity index (χ4n) is 2.60. The highest BCUT2D eigenvalue weighted by Gasteiger charge is 2.28. The standard InChI is InChI=1S/C20H28F3N5O/c1-4-24-19(27-12-18-25-9-10-28(18)13-15(2)3)26-11-16-5-7-17(8-6-16)29-14-20(21,22)23/h5-10,15H,4,11-14H2,1-3H3,(H2,24,26,27). The Bertz CT molecular complexity index is 769. The summed E-state index contributed by atoms with van der Waals surface area (Å²) in [4.78, 5) is 8.91. The van der Waals surface area contributed by atoms with Crippen LogP contribution in [0.25, 0.3) is 0 Å². The molecule has 0 saturated carbocycles. The summed E-state index contributed by atoms with van der Waals surface area (Å²) in [7, 11) is 0. The average Bonchev–Trinajstić information content (AvgIpc) is 3.09. The SMILES string of the molecule is CCNC(=NCc1ccc(OCC(F)(F)F)cc1)NCc1nccn1CC(C)C. The molecule has 0 atom stereocenters. The van der Waals surface area contributed by atoms with Crippen LogP contribution in [0, 0.1) is 5.92 Å². The largest absolute Gasteiger partial charge is 0.484 e. The van der Waals surface area contributed by atoms with Gasteiger partial charge in [-0.1, -0.05) is 26.0 Å². The number of aliphatic imine (C=N–C) groups is 1. The van der Waals surface area contributed by atoms with Crippen molar-refractivity contribution < 1.29 is 17.9 Å². The maximum atomic E-state index is 12.2. The molecule has 29 heavy (non-hydrogen) atoms. The zero-order valence-corrected chi connectivity index (χ0v) is 17.0. The summed E-state index contributed by atoms with van der Waals surface area (Å²) in [5.74, 6) is 2.27. The molecule has 6 nitrogen and oxygen atoms in total. The molecule has 1 aromatic heterocycles. The van der Waals surface area contributed by atoms with Gasteiger partial charge in [0.25, 0.3) is 0 Å². The van der Waals surface area contributed by atoms with E-state index >= 15 is 0 Å². The molecule has 0 aliphatic rings. The maximum Gasteiger partial charge on any atom is 0.422 e. The van der Waals surface area contributed by atoms with E-state index in [0.29, 0.717) is 31.5 Å². The molecule has 0 spiro atoms. The van der Waals surface area contributed by atoms with Crippen LogP contribution in [0.2, 0.25) is 0 Å². The van der Waals surface area contributed by atoms with Crippen molar-refractivity contribution in [2.45, 2.75) is 46.6 Å². The number of halogens is 3. The fraction of sp³-hybridized carbons (Fsp3) is 0.500. The van der Waals surface area contributed by atoms with E-state index in [1.165, 1.54) is 12.1 Å². The molecule has 1 heterocycles. The predicted octanol–water partition coefficient (Wildman–Crippen LogP) is 3.74. The Morgan fingerprint density at radius 1 is 1.21 bits per heavy atom. The number of hydrogen-bond donors (Lipinski definition) is 2. The van der Waals surface area contributed by atoms with Crippen LogP contribution in [0.1, 0.15) is 32.2 Å². The van der Waals surface area contributed by atoms with Gasteiger partial charge >= 0.3 is 6.18 Å². The average molecular weight is 411 g/mol. The third-order valence-corrected chi connectivity index (χ3v) is 3.87. The van der Waals surface area contributed by atoms with Gasteiger partial charge in [-0.3, -0.25) is 0 Å². The maximum absolute atomic E-state index is 12.2. The summed E-state index contributed by atoms with van der Waals surface area (Å²) < 4.78 is 43.4. The second-order valence-corrected chi connectivity index (χ2v) is 6.99. The Morgan fingerprint density at radius 3 is 2.55 bits per heavy atom. The molecule has 2 aromatic rings. The number of nitrogens with zero attached hydrogens (tertiary/aromatic N) is 3. The van der Waals surface area contributed by atoms with Crippen molar-refractivity contribution in [1.29, 1.82) is 0 Å². The van der Waals surface area contributed by atoms with Gasteiger partial charge < -0.3 is 19.9 Å². The zero-order valence-electron chi connectivity index (χ0n) is 17.0. The van der Waals surface area contributed by atoms with Crippen LogP contribution < -0.4 is 15.4 Å². The molecule has 0 amide bonds. The van der Waals surface area contributed by atoms with Gasteiger partial charge in [-0.15, -0.1) is 0 Å². The van der Waals surface area contributed by atoms with Gasteiger partial charge in [-0.2, -0.15) is 13.2 Å². The van der Waals surface area contributed by atoms with E-state index in [2.05, 4.69) is 39.0 Å². The smallest absolute Gasteiger partial charge is 0.422 e. The summed E-state index contributed by atoms with van der Waals surface area (Å²) >= 11 is 0. The number of guanidine groups is 1. The van der Waals surface area contributed by atoms with Gasteiger partial charge in [0.05, 0.1) is 13.1 Å². The molecule has 1 aromatic carbocycles. The zero-order chi connectivity index (χ0) is 21.3. The third-order valence-electron chi connectivity index (χ3n) is 3.87. The van der Waals surface area contributed by atoms with E-state index in [0.717, 1.165) is 17.9 Å². The lowest BCUT2D eigenvalue weighted by atomic mass is 10.2. The summed E-state index contributed by atoms with van der Waals surface area (Å²) in [6, 6.07) is 6.43. The molecule has 0 saturated heterocycles. The molecule has 2 N–H and O–H groups in total. The lowest BCUT2D eigenvalue weighted by molar-refractivity contribution is -0.153. The Balaban J connectivity index is 1.92. The van der Waals surface area contributed by atoms with E-state index in [1.54, 1.807) is 18.3 Å². The first kappa shape index (κ1) is 22.6. The van der Waals surface area contributed by atoms with Gasteiger partial charge in [-0.05, 0) is 30.5 Å². The van der Waals surface area contributed by atoms with Crippen LogP contribution in [0.15, 0.2) is 41.7 Å². The Kier molecular flexibility index (Phi) is 8.35. The van der Waals surface area contributed by atoms with E-state index in [9.17, 15) is 13.2 Å². The molecule has 0 fully saturated rings. The van der Waals surface area contributed by atoms with E-state index in [-0.39, 0.29) is 5.75 Å². The van der Waals surface area contributed by atoms with Gasteiger partial charge in [0.15, 0.2) is 12.6 Å². The molecule has 2 rings (SSSR count). The van der Waals surface area contributed by atoms with Crippen LogP contribution in [-0.2, 0) is 19.6 Å². The quantitative estimate of drug-likeness (QED) is 0.488. The topological polar surface area (TPSA) is 63.5 Å². The lowest BCUT2D eigenvalue weighted by Gasteiger charge is -2.14. The fourth-order valence-corrected chi connectivity index (χ4v) is 2.60. The summed E-state index contributed by atoms with van der Waals surface area (Å²) in [5, 5.41) is 6.44. The minimum atomic E-state index is -4.35.